The Morgan fingerprint density at radius 2 is 2.15 bits per heavy atom. The highest BCUT2D eigenvalue weighted by Crippen LogP contribution is 2.37. The molecule has 2 aromatic rings. The monoisotopic (exact) mass is 274 g/mol. The number of benzene rings is 1. The molecule has 106 valence electrons. The molecule has 0 spiro atoms. The summed E-state index contributed by atoms with van der Waals surface area (Å²) in [6.07, 6.45) is 2.67. The van der Waals surface area contributed by atoms with Crippen LogP contribution >= 0.6 is 0 Å². The summed E-state index contributed by atoms with van der Waals surface area (Å²) in [4.78, 5) is 29.0. The van der Waals surface area contributed by atoms with Crippen molar-refractivity contribution in [1.29, 1.82) is 0 Å². The number of hydrogen-bond acceptors (Lipinski definition) is 3. The molecule has 6 nitrogen and oxygen atoms in total. The van der Waals surface area contributed by atoms with Crippen LogP contribution in [0.25, 0.3) is 11.0 Å². The van der Waals surface area contributed by atoms with E-state index in [4.69, 9.17) is 5.73 Å². The third-order valence-corrected chi connectivity index (χ3v) is 4.32. The number of rotatable bonds is 2. The Kier molecular flexibility index (Phi) is 2.90. The molecule has 0 saturated heterocycles. The summed E-state index contributed by atoms with van der Waals surface area (Å²) >= 11 is 0. The molecule has 1 heterocycles. The van der Waals surface area contributed by atoms with E-state index < -0.39 is 5.41 Å². The van der Waals surface area contributed by atoms with Gasteiger partial charge in [0.2, 0.25) is 5.91 Å². The van der Waals surface area contributed by atoms with Crippen LogP contribution in [0.1, 0.15) is 26.2 Å². The molecule has 1 amide bonds. The van der Waals surface area contributed by atoms with Crippen molar-refractivity contribution < 1.29 is 4.79 Å². The number of aromatic nitrogens is 2. The van der Waals surface area contributed by atoms with Gasteiger partial charge in [0.15, 0.2) is 0 Å². The molecule has 0 bridgehead atoms. The van der Waals surface area contributed by atoms with Crippen molar-refractivity contribution >= 4 is 22.6 Å². The summed E-state index contributed by atoms with van der Waals surface area (Å²) in [7, 11) is 0. The van der Waals surface area contributed by atoms with Gasteiger partial charge in [0.25, 0.3) is 0 Å². The van der Waals surface area contributed by atoms with E-state index in [9.17, 15) is 9.59 Å². The van der Waals surface area contributed by atoms with E-state index in [0.29, 0.717) is 11.2 Å². The largest absolute Gasteiger partial charge is 0.327 e. The highest BCUT2D eigenvalue weighted by atomic mass is 16.2. The van der Waals surface area contributed by atoms with Crippen molar-refractivity contribution in [2.45, 2.75) is 32.2 Å². The predicted molar refractivity (Wildman–Crippen MR) is 77.5 cm³/mol. The minimum Gasteiger partial charge on any atom is -0.327 e. The molecule has 0 aliphatic heterocycles. The van der Waals surface area contributed by atoms with E-state index in [1.54, 1.807) is 18.2 Å². The fraction of sp³-hybridized carbons (Fsp3) is 0.429. The number of anilines is 1. The van der Waals surface area contributed by atoms with E-state index in [2.05, 4.69) is 15.3 Å². The zero-order valence-electron chi connectivity index (χ0n) is 11.3. The Morgan fingerprint density at radius 3 is 2.85 bits per heavy atom. The highest BCUT2D eigenvalue weighted by molar-refractivity contribution is 5.97. The number of carbonyl (C=O) groups excluding carboxylic acids is 1. The predicted octanol–water partition coefficient (Wildman–Crippen LogP) is 1.31. The zero-order valence-corrected chi connectivity index (χ0v) is 11.3. The van der Waals surface area contributed by atoms with Crippen molar-refractivity contribution in [1.82, 2.24) is 9.97 Å². The summed E-state index contributed by atoms with van der Waals surface area (Å²) in [6.45, 7) is 1.91. The second-order valence-electron chi connectivity index (χ2n) is 5.71. The second kappa shape index (κ2) is 4.49. The molecule has 20 heavy (non-hydrogen) atoms. The molecule has 2 atom stereocenters. The molecule has 2 unspecified atom stereocenters. The maximum Gasteiger partial charge on any atom is 0.323 e. The first-order valence-corrected chi connectivity index (χ1v) is 6.78. The number of nitrogens with two attached hydrogens (primary N) is 1. The molecule has 1 aromatic carbocycles. The average Bonchev–Trinajstić information content (AvgIpc) is 2.92. The number of fused-ring (bicyclic) bond motifs is 1. The lowest BCUT2D eigenvalue weighted by molar-refractivity contribution is -0.125. The van der Waals surface area contributed by atoms with Crippen LogP contribution in [-0.4, -0.2) is 21.9 Å². The first-order valence-electron chi connectivity index (χ1n) is 6.78. The van der Waals surface area contributed by atoms with Crippen LogP contribution in [0.15, 0.2) is 23.0 Å². The SMILES string of the molecule is CC1(C(=O)Nc2ccc3[nH]c(=O)[nH]c3c2)CCCC1N. The molecule has 0 radical (unpaired) electrons. The topological polar surface area (TPSA) is 104 Å². The Morgan fingerprint density at radius 1 is 1.40 bits per heavy atom. The molecule has 1 saturated carbocycles. The first kappa shape index (κ1) is 12.9. The number of imidazole rings is 1. The van der Waals surface area contributed by atoms with Crippen molar-refractivity contribution in [3.05, 3.63) is 28.7 Å². The van der Waals surface area contributed by atoms with Crippen molar-refractivity contribution in [2.24, 2.45) is 11.1 Å². The fourth-order valence-electron chi connectivity index (χ4n) is 2.86. The summed E-state index contributed by atoms with van der Waals surface area (Å²) in [5.74, 6) is -0.0558. The number of hydrogen-bond donors (Lipinski definition) is 4. The minimum atomic E-state index is -0.513. The molecule has 1 aliphatic rings. The van der Waals surface area contributed by atoms with E-state index >= 15 is 0 Å². The van der Waals surface area contributed by atoms with Gasteiger partial charge in [-0.1, -0.05) is 6.42 Å². The number of H-pyrrole nitrogens is 2. The average molecular weight is 274 g/mol. The summed E-state index contributed by atoms with van der Waals surface area (Å²) in [6, 6.07) is 5.18. The Balaban J connectivity index is 1.85. The number of carbonyl (C=O) groups is 1. The summed E-state index contributed by atoms with van der Waals surface area (Å²) in [5.41, 5.74) is 7.34. The van der Waals surface area contributed by atoms with Gasteiger partial charge in [-0.05, 0) is 38.0 Å². The molecular formula is C14H18N4O2. The molecule has 1 fully saturated rings. The maximum absolute atomic E-state index is 12.4. The quantitative estimate of drug-likeness (QED) is 0.663. The molecule has 1 aliphatic carbocycles. The number of amides is 1. The Bertz CT molecular complexity index is 717. The smallest absolute Gasteiger partial charge is 0.323 e. The van der Waals surface area contributed by atoms with Crippen LogP contribution in [0.3, 0.4) is 0 Å². The van der Waals surface area contributed by atoms with Gasteiger partial charge in [0, 0.05) is 11.7 Å². The van der Waals surface area contributed by atoms with Crippen LogP contribution < -0.4 is 16.7 Å². The molecular weight excluding hydrogens is 256 g/mol. The molecule has 1 aromatic heterocycles. The Labute approximate surface area is 115 Å². The Hall–Kier alpha value is -2.08. The van der Waals surface area contributed by atoms with Gasteiger partial charge in [-0.3, -0.25) is 4.79 Å². The van der Waals surface area contributed by atoms with E-state index in [0.717, 1.165) is 24.8 Å². The molecule has 5 N–H and O–H groups in total. The summed E-state index contributed by atoms with van der Waals surface area (Å²) < 4.78 is 0. The fourth-order valence-corrected chi connectivity index (χ4v) is 2.86. The standard InChI is InChI=1S/C14H18N4O2/c1-14(6-2-3-11(14)15)12(19)16-8-4-5-9-10(7-8)18-13(20)17-9/h4-5,7,11H,2-3,6,15H2,1H3,(H,16,19)(H2,17,18,20). The van der Waals surface area contributed by atoms with Crippen molar-refractivity contribution in [3.8, 4) is 0 Å². The van der Waals surface area contributed by atoms with Gasteiger partial charge < -0.3 is 21.0 Å². The van der Waals surface area contributed by atoms with Crippen LogP contribution in [-0.2, 0) is 4.79 Å². The number of nitrogens with one attached hydrogen (secondary N) is 3. The maximum atomic E-state index is 12.4. The lowest BCUT2D eigenvalue weighted by Gasteiger charge is -2.27. The van der Waals surface area contributed by atoms with Crippen LogP contribution in [0.5, 0.6) is 0 Å². The first-order chi connectivity index (χ1) is 9.49. The number of aromatic amines is 2. The minimum absolute atomic E-state index is 0.0558. The third kappa shape index (κ3) is 2.02. The van der Waals surface area contributed by atoms with Gasteiger partial charge in [0.1, 0.15) is 0 Å². The lowest BCUT2D eigenvalue weighted by Crippen LogP contribution is -2.44. The van der Waals surface area contributed by atoms with Gasteiger partial charge in [0.05, 0.1) is 16.4 Å². The second-order valence-corrected chi connectivity index (χ2v) is 5.71. The summed E-state index contributed by atoms with van der Waals surface area (Å²) in [5, 5.41) is 2.90. The molecule has 6 heteroatoms. The lowest BCUT2D eigenvalue weighted by atomic mass is 9.84. The van der Waals surface area contributed by atoms with Crippen LogP contribution in [0.2, 0.25) is 0 Å². The van der Waals surface area contributed by atoms with Gasteiger partial charge in [-0.25, -0.2) is 4.79 Å². The van der Waals surface area contributed by atoms with Gasteiger partial charge in [-0.15, -0.1) is 0 Å². The van der Waals surface area contributed by atoms with Crippen LogP contribution in [0.4, 0.5) is 5.69 Å². The molecule has 3 rings (SSSR count). The third-order valence-electron chi connectivity index (χ3n) is 4.32. The zero-order chi connectivity index (χ0) is 14.3. The van der Waals surface area contributed by atoms with Gasteiger partial charge >= 0.3 is 5.69 Å². The van der Waals surface area contributed by atoms with Crippen molar-refractivity contribution in [3.63, 3.8) is 0 Å². The van der Waals surface area contributed by atoms with Crippen LogP contribution in [0, 0.1) is 5.41 Å². The van der Waals surface area contributed by atoms with Gasteiger partial charge in [-0.2, -0.15) is 0 Å². The highest BCUT2D eigenvalue weighted by Gasteiger charge is 2.42. The normalized spacial score (nSPS) is 26.0. The van der Waals surface area contributed by atoms with E-state index in [1.807, 2.05) is 6.92 Å². The van der Waals surface area contributed by atoms with E-state index in [1.165, 1.54) is 0 Å². The van der Waals surface area contributed by atoms with E-state index in [-0.39, 0.29) is 17.6 Å². The van der Waals surface area contributed by atoms with Crippen molar-refractivity contribution in [2.75, 3.05) is 5.32 Å².